The molecule has 138 valence electrons. The van der Waals surface area contributed by atoms with Crippen molar-refractivity contribution in [3.05, 3.63) is 65.5 Å². The van der Waals surface area contributed by atoms with Gasteiger partial charge in [0, 0.05) is 13.1 Å². The molecule has 1 aliphatic heterocycles. The van der Waals surface area contributed by atoms with E-state index in [0.29, 0.717) is 11.5 Å². The van der Waals surface area contributed by atoms with Crippen LogP contribution in [0, 0.1) is 5.82 Å². The first-order valence-electron chi connectivity index (χ1n) is 8.45. The van der Waals surface area contributed by atoms with Crippen LogP contribution in [0.2, 0.25) is 0 Å². The summed E-state index contributed by atoms with van der Waals surface area (Å²) in [5.74, 6) is -0.562. The van der Waals surface area contributed by atoms with E-state index in [1.165, 1.54) is 28.6 Å². The van der Waals surface area contributed by atoms with Gasteiger partial charge in [-0.1, -0.05) is 38.1 Å². The fraction of sp³-hybridized carbons (Fsp3) is 0.316. The number of nitrogens with zero attached hydrogens (tertiary/aromatic N) is 1. The van der Waals surface area contributed by atoms with Crippen molar-refractivity contribution >= 4 is 15.9 Å². The van der Waals surface area contributed by atoms with Gasteiger partial charge in [-0.3, -0.25) is 4.79 Å². The molecule has 0 saturated carbocycles. The zero-order valence-electron chi connectivity index (χ0n) is 14.6. The molecule has 26 heavy (non-hydrogen) atoms. The highest BCUT2D eigenvalue weighted by Gasteiger charge is 2.39. The maximum atomic E-state index is 13.2. The van der Waals surface area contributed by atoms with Crippen LogP contribution in [0.4, 0.5) is 4.39 Å². The van der Waals surface area contributed by atoms with Crippen molar-refractivity contribution in [1.82, 2.24) is 9.62 Å². The summed E-state index contributed by atoms with van der Waals surface area (Å²) in [6.45, 7) is 4.45. The number of hydrogen-bond acceptors (Lipinski definition) is 3. The number of rotatable bonds is 4. The molecule has 5 nitrogen and oxygen atoms in total. The molecule has 0 aromatic heterocycles. The Morgan fingerprint density at radius 2 is 1.69 bits per heavy atom. The van der Waals surface area contributed by atoms with E-state index in [2.05, 4.69) is 5.32 Å². The van der Waals surface area contributed by atoms with E-state index in [1.807, 2.05) is 13.8 Å². The standard InChI is InChI=1S/C19H21FN2O3S/c1-13(2)14-5-9-17(10-6-14)26(24,25)22-12-11-21-19(23)18(22)15-3-7-16(20)8-4-15/h3-10,13,18H,11-12H2,1-2H3,(H,21,23). The molecule has 1 heterocycles. The van der Waals surface area contributed by atoms with Crippen LogP contribution >= 0.6 is 0 Å². The van der Waals surface area contributed by atoms with Crippen LogP contribution in [-0.4, -0.2) is 31.7 Å². The van der Waals surface area contributed by atoms with Gasteiger partial charge in [-0.25, -0.2) is 12.8 Å². The predicted octanol–water partition coefficient (Wildman–Crippen LogP) is 2.81. The molecular weight excluding hydrogens is 355 g/mol. The van der Waals surface area contributed by atoms with E-state index in [0.717, 1.165) is 5.56 Å². The number of benzene rings is 2. The third-order valence-corrected chi connectivity index (χ3v) is 6.39. The predicted molar refractivity (Wildman–Crippen MR) is 96.6 cm³/mol. The summed E-state index contributed by atoms with van der Waals surface area (Å²) in [5.41, 5.74) is 1.47. The van der Waals surface area contributed by atoms with E-state index >= 15 is 0 Å². The first-order valence-corrected chi connectivity index (χ1v) is 9.89. The number of sulfonamides is 1. The van der Waals surface area contributed by atoms with Gasteiger partial charge in [-0.05, 0) is 41.3 Å². The van der Waals surface area contributed by atoms with Crippen LogP contribution in [-0.2, 0) is 14.8 Å². The maximum absolute atomic E-state index is 13.2. The fourth-order valence-electron chi connectivity index (χ4n) is 3.03. The van der Waals surface area contributed by atoms with Crippen LogP contribution in [0.25, 0.3) is 0 Å². The molecule has 0 radical (unpaired) electrons. The second-order valence-electron chi connectivity index (χ2n) is 6.58. The van der Waals surface area contributed by atoms with E-state index < -0.39 is 27.8 Å². The molecule has 0 spiro atoms. The van der Waals surface area contributed by atoms with Crippen molar-refractivity contribution in [2.24, 2.45) is 0 Å². The highest BCUT2D eigenvalue weighted by Crippen LogP contribution is 2.30. The fourth-order valence-corrected chi connectivity index (χ4v) is 4.61. The Morgan fingerprint density at radius 1 is 1.08 bits per heavy atom. The Bertz CT molecular complexity index is 893. The second-order valence-corrected chi connectivity index (χ2v) is 8.48. The summed E-state index contributed by atoms with van der Waals surface area (Å²) in [4.78, 5) is 12.5. The number of nitrogens with one attached hydrogen (secondary N) is 1. The molecule has 1 unspecified atom stereocenters. The van der Waals surface area contributed by atoms with Gasteiger partial charge in [-0.15, -0.1) is 0 Å². The van der Waals surface area contributed by atoms with Crippen LogP contribution in [0.3, 0.4) is 0 Å². The van der Waals surface area contributed by atoms with Gasteiger partial charge < -0.3 is 5.32 Å². The van der Waals surface area contributed by atoms with Crippen molar-refractivity contribution in [1.29, 1.82) is 0 Å². The summed E-state index contributed by atoms with van der Waals surface area (Å²) in [6, 6.07) is 11.0. The lowest BCUT2D eigenvalue weighted by atomic mass is 10.0. The monoisotopic (exact) mass is 376 g/mol. The highest BCUT2D eigenvalue weighted by atomic mass is 32.2. The zero-order chi connectivity index (χ0) is 18.9. The Hall–Kier alpha value is -2.25. The Morgan fingerprint density at radius 3 is 2.27 bits per heavy atom. The van der Waals surface area contributed by atoms with E-state index in [4.69, 9.17) is 0 Å². The minimum Gasteiger partial charge on any atom is -0.353 e. The Labute approximate surface area is 152 Å². The Balaban J connectivity index is 2.00. The van der Waals surface area contributed by atoms with Gasteiger partial charge in [0.15, 0.2) is 0 Å². The SMILES string of the molecule is CC(C)c1ccc(S(=O)(=O)N2CCNC(=O)C2c2ccc(F)cc2)cc1. The summed E-state index contributed by atoms with van der Waals surface area (Å²) in [5, 5.41) is 2.68. The zero-order valence-corrected chi connectivity index (χ0v) is 15.5. The van der Waals surface area contributed by atoms with Gasteiger partial charge in [0.25, 0.3) is 0 Å². The lowest BCUT2D eigenvalue weighted by Crippen LogP contribution is -2.52. The minimum atomic E-state index is -3.87. The number of amides is 1. The molecule has 3 rings (SSSR count). The first-order chi connectivity index (χ1) is 12.3. The third kappa shape index (κ3) is 3.50. The second kappa shape index (κ2) is 7.17. The highest BCUT2D eigenvalue weighted by molar-refractivity contribution is 7.89. The van der Waals surface area contributed by atoms with Crippen molar-refractivity contribution in [2.75, 3.05) is 13.1 Å². The number of halogens is 1. The molecule has 1 amide bonds. The average molecular weight is 376 g/mol. The molecule has 1 fully saturated rings. The molecule has 1 saturated heterocycles. The molecule has 2 aromatic rings. The van der Waals surface area contributed by atoms with Gasteiger partial charge >= 0.3 is 0 Å². The van der Waals surface area contributed by atoms with Crippen molar-refractivity contribution in [3.8, 4) is 0 Å². The Kier molecular flexibility index (Phi) is 5.11. The number of hydrogen-bond donors (Lipinski definition) is 1. The first kappa shape index (κ1) is 18.5. The van der Waals surface area contributed by atoms with Crippen molar-refractivity contribution in [2.45, 2.75) is 30.7 Å². The van der Waals surface area contributed by atoms with Crippen molar-refractivity contribution in [3.63, 3.8) is 0 Å². The number of piperazine rings is 1. The maximum Gasteiger partial charge on any atom is 0.244 e. The van der Waals surface area contributed by atoms with Crippen molar-refractivity contribution < 1.29 is 17.6 Å². The van der Waals surface area contributed by atoms with E-state index in [-0.39, 0.29) is 18.0 Å². The molecule has 1 atom stereocenters. The quantitative estimate of drug-likeness (QED) is 0.892. The van der Waals surface area contributed by atoms with E-state index in [9.17, 15) is 17.6 Å². The summed E-state index contributed by atoms with van der Waals surface area (Å²) >= 11 is 0. The molecule has 7 heteroatoms. The smallest absolute Gasteiger partial charge is 0.244 e. The molecule has 0 bridgehead atoms. The summed E-state index contributed by atoms with van der Waals surface area (Å²) in [7, 11) is -3.87. The summed E-state index contributed by atoms with van der Waals surface area (Å²) < 4.78 is 40.7. The molecule has 1 N–H and O–H groups in total. The normalized spacial score (nSPS) is 18.8. The topological polar surface area (TPSA) is 66.5 Å². The number of carbonyl (C=O) groups is 1. The van der Waals surface area contributed by atoms with Gasteiger partial charge in [0.1, 0.15) is 11.9 Å². The minimum absolute atomic E-state index is 0.142. The lowest BCUT2D eigenvalue weighted by molar-refractivity contribution is -0.126. The number of carbonyl (C=O) groups excluding carboxylic acids is 1. The van der Waals surface area contributed by atoms with Crippen LogP contribution in [0.5, 0.6) is 0 Å². The lowest BCUT2D eigenvalue weighted by Gasteiger charge is -2.34. The van der Waals surface area contributed by atoms with Crippen LogP contribution < -0.4 is 5.32 Å². The van der Waals surface area contributed by atoms with Gasteiger partial charge in [0.05, 0.1) is 4.90 Å². The third-order valence-electron chi connectivity index (χ3n) is 4.51. The molecular formula is C19H21FN2O3S. The van der Waals surface area contributed by atoms with Gasteiger partial charge in [-0.2, -0.15) is 4.31 Å². The summed E-state index contributed by atoms with van der Waals surface area (Å²) in [6.07, 6.45) is 0. The van der Waals surface area contributed by atoms with Gasteiger partial charge in [0.2, 0.25) is 15.9 Å². The molecule has 0 aliphatic carbocycles. The molecule has 1 aliphatic rings. The largest absolute Gasteiger partial charge is 0.353 e. The van der Waals surface area contributed by atoms with Crippen LogP contribution in [0.1, 0.15) is 36.9 Å². The van der Waals surface area contributed by atoms with E-state index in [1.54, 1.807) is 24.3 Å². The van der Waals surface area contributed by atoms with Crippen LogP contribution in [0.15, 0.2) is 53.4 Å². The average Bonchev–Trinajstić information content (AvgIpc) is 2.62. The molecule has 2 aromatic carbocycles.